The first-order chi connectivity index (χ1) is 29.3. The van der Waals surface area contributed by atoms with Crippen LogP contribution in [0.1, 0.15) is 20.9 Å². The van der Waals surface area contributed by atoms with Crippen molar-refractivity contribution in [2.75, 3.05) is 38.2 Å². The third-order valence-electron chi connectivity index (χ3n) is 9.77. The van der Waals surface area contributed by atoms with Crippen molar-refractivity contribution >= 4 is 69.2 Å². The molecule has 1 aromatic heterocycles. The number of benzene rings is 6. The number of thiophene rings is 1. The van der Waals surface area contributed by atoms with Crippen LogP contribution in [0.4, 0.5) is 34.1 Å². The van der Waals surface area contributed by atoms with Crippen LogP contribution in [0.3, 0.4) is 0 Å². The molecule has 1 heterocycles. The Labute approximate surface area is 353 Å². The monoisotopic (exact) mass is 811 g/mol. The summed E-state index contributed by atoms with van der Waals surface area (Å²) in [6.07, 6.45) is 3.49. The molecule has 0 fully saturated rings. The maximum atomic E-state index is 11.6. The van der Waals surface area contributed by atoms with Crippen LogP contribution in [0.15, 0.2) is 163 Å². The summed E-state index contributed by atoms with van der Waals surface area (Å²) >= 11 is 1.40. The first-order valence-corrected chi connectivity index (χ1v) is 19.7. The predicted molar refractivity (Wildman–Crippen MR) is 241 cm³/mol. The molecule has 7 aromatic rings. The Hall–Kier alpha value is -7.74. The van der Waals surface area contributed by atoms with Gasteiger partial charge in [0.25, 0.3) is 0 Å². The number of carboxylic acid groups (broad SMARTS) is 1. The van der Waals surface area contributed by atoms with E-state index in [0.29, 0.717) is 4.88 Å². The second-order valence-corrected chi connectivity index (χ2v) is 14.5. The molecule has 1 N–H and O–H groups in total. The zero-order valence-corrected chi connectivity index (χ0v) is 34.2. The van der Waals surface area contributed by atoms with Gasteiger partial charge in [-0.05, 0) is 162 Å². The van der Waals surface area contributed by atoms with Crippen LogP contribution in [0.5, 0.6) is 23.0 Å². The van der Waals surface area contributed by atoms with E-state index < -0.39 is 5.97 Å². The molecular weight excluding hydrogens is 771 g/mol. The van der Waals surface area contributed by atoms with Crippen LogP contribution >= 0.6 is 11.3 Å². The Kier molecular flexibility index (Phi) is 12.6. The summed E-state index contributed by atoms with van der Waals surface area (Å²) in [4.78, 5) is 17.5. The Morgan fingerprint density at radius 1 is 0.483 bits per heavy atom. The van der Waals surface area contributed by atoms with Crippen molar-refractivity contribution in [1.29, 1.82) is 5.26 Å². The topological polar surface area (TPSA) is 104 Å². The van der Waals surface area contributed by atoms with Gasteiger partial charge < -0.3 is 33.9 Å². The molecule has 298 valence electrons. The minimum Gasteiger partial charge on any atom is -0.497 e. The summed E-state index contributed by atoms with van der Waals surface area (Å²) in [6.45, 7) is 0. The summed E-state index contributed by atoms with van der Waals surface area (Å²) in [6, 6.07) is 54.0. The summed E-state index contributed by atoms with van der Waals surface area (Å²) < 4.78 is 21.8. The fourth-order valence-electron chi connectivity index (χ4n) is 6.68. The smallest absolute Gasteiger partial charge is 0.346 e. The highest BCUT2D eigenvalue weighted by Gasteiger charge is 2.17. The lowest BCUT2D eigenvalue weighted by Gasteiger charge is -2.26. The Morgan fingerprint density at radius 3 is 1.03 bits per heavy atom. The Balaban J connectivity index is 1.31. The van der Waals surface area contributed by atoms with Crippen molar-refractivity contribution in [2.24, 2.45) is 0 Å². The Morgan fingerprint density at radius 2 is 0.767 bits per heavy atom. The lowest BCUT2D eigenvalue weighted by Crippen LogP contribution is -2.10. The van der Waals surface area contributed by atoms with Gasteiger partial charge in [0.2, 0.25) is 0 Å². The van der Waals surface area contributed by atoms with E-state index in [-0.39, 0.29) is 5.57 Å². The van der Waals surface area contributed by atoms with Gasteiger partial charge in [-0.2, -0.15) is 5.26 Å². The van der Waals surface area contributed by atoms with Crippen LogP contribution in [-0.2, 0) is 4.79 Å². The summed E-state index contributed by atoms with van der Waals surface area (Å²) in [5.74, 6) is 1.79. The van der Waals surface area contributed by atoms with Crippen molar-refractivity contribution in [3.63, 3.8) is 0 Å². The number of methoxy groups -OCH3 is 4. The van der Waals surface area contributed by atoms with Gasteiger partial charge in [-0.3, -0.25) is 0 Å². The van der Waals surface area contributed by atoms with Crippen molar-refractivity contribution < 1.29 is 28.8 Å². The van der Waals surface area contributed by atoms with Crippen molar-refractivity contribution in [3.05, 3.63) is 184 Å². The minimum absolute atomic E-state index is 0.324. The van der Waals surface area contributed by atoms with Crippen molar-refractivity contribution in [3.8, 4) is 29.1 Å². The average molecular weight is 812 g/mol. The largest absolute Gasteiger partial charge is 0.497 e. The number of hydrogen-bond donors (Lipinski definition) is 1. The van der Waals surface area contributed by atoms with Crippen molar-refractivity contribution in [2.45, 2.75) is 0 Å². The first-order valence-electron chi connectivity index (χ1n) is 18.8. The molecule has 9 nitrogen and oxygen atoms in total. The maximum absolute atomic E-state index is 11.6. The number of nitrogens with zero attached hydrogens (tertiary/aromatic N) is 3. The molecule has 0 atom stereocenters. The quantitative estimate of drug-likeness (QED) is 0.0800. The third kappa shape index (κ3) is 9.18. The highest BCUT2D eigenvalue weighted by Crippen LogP contribution is 2.40. The molecule has 0 radical (unpaired) electrons. The van der Waals surface area contributed by atoms with E-state index in [0.717, 1.165) is 78.7 Å². The van der Waals surface area contributed by atoms with Crippen molar-refractivity contribution in [1.82, 2.24) is 0 Å². The lowest BCUT2D eigenvalue weighted by molar-refractivity contribution is -0.132. The predicted octanol–water partition coefficient (Wildman–Crippen LogP) is 12.3. The number of aliphatic carboxylic acids is 1. The summed E-state index contributed by atoms with van der Waals surface area (Å²) in [5.41, 5.74) is 8.26. The third-order valence-corrected chi connectivity index (χ3v) is 10.7. The summed E-state index contributed by atoms with van der Waals surface area (Å²) in [5, 5.41) is 18.8. The number of carboxylic acids is 1. The normalized spacial score (nSPS) is 10.9. The van der Waals surface area contributed by atoms with E-state index in [4.69, 9.17) is 18.9 Å². The van der Waals surface area contributed by atoms with E-state index in [1.165, 1.54) is 17.4 Å². The van der Waals surface area contributed by atoms with Gasteiger partial charge in [0.1, 0.15) is 34.6 Å². The molecule has 0 saturated carbocycles. The van der Waals surface area contributed by atoms with Gasteiger partial charge in [-0.1, -0.05) is 24.3 Å². The molecule has 0 saturated heterocycles. The van der Waals surface area contributed by atoms with E-state index in [1.54, 1.807) is 34.5 Å². The molecular formula is C50H41N3O6S. The minimum atomic E-state index is -1.26. The fraction of sp³-hybridized carbons (Fsp3) is 0.0800. The second-order valence-electron chi connectivity index (χ2n) is 13.3. The zero-order valence-electron chi connectivity index (χ0n) is 33.4. The first kappa shape index (κ1) is 40.5. The second kappa shape index (κ2) is 18.7. The van der Waals surface area contributed by atoms with Crippen LogP contribution in [0.25, 0.3) is 17.7 Å². The molecule has 0 spiro atoms. The van der Waals surface area contributed by atoms with E-state index >= 15 is 0 Å². The van der Waals surface area contributed by atoms with Gasteiger partial charge in [0.05, 0.1) is 28.4 Å². The number of rotatable bonds is 15. The number of anilines is 6. The van der Waals surface area contributed by atoms with Gasteiger partial charge >= 0.3 is 5.97 Å². The van der Waals surface area contributed by atoms with Gasteiger partial charge in [-0.25, -0.2) is 4.79 Å². The molecule has 0 amide bonds. The van der Waals surface area contributed by atoms with Crippen LogP contribution in [-0.4, -0.2) is 39.5 Å². The highest BCUT2D eigenvalue weighted by molar-refractivity contribution is 7.13. The average Bonchev–Trinajstić information content (AvgIpc) is 3.75. The Bertz CT molecular complexity index is 2410. The van der Waals surface area contributed by atoms with Crippen LogP contribution in [0, 0.1) is 11.3 Å². The number of carbonyl (C=O) groups is 1. The molecule has 0 bridgehead atoms. The molecule has 60 heavy (non-hydrogen) atoms. The molecule has 0 unspecified atom stereocenters. The van der Waals surface area contributed by atoms with E-state index in [9.17, 15) is 15.2 Å². The molecule has 0 aliphatic heterocycles. The summed E-state index contributed by atoms with van der Waals surface area (Å²) in [7, 11) is 6.61. The number of nitriles is 1. The maximum Gasteiger partial charge on any atom is 0.346 e. The van der Waals surface area contributed by atoms with Gasteiger partial charge in [0, 0.05) is 43.9 Å². The molecule has 0 aliphatic rings. The lowest BCUT2D eigenvalue weighted by atomic mass is 9.96. The van der Waals surface area contributed by atoms with Gasteiger partial charge in [-0.15, -0.1) is 11.3 Å². The van der Waals surface area contributed by atoms with Crippen LogP contribution < -0.4 is 28.7 Å². The highest BCUT2D eigenvalue weighted by atomic mass is 32.1. The molecule has 7 rings (SSSR count). The van der Waals surface area contributed by atoms with Gasteiger partial charge in [0.15, 0.2) is 0 Å². The zero-order chi connectivity index (χ0) is 42.0. The molecule has 0 aliphatic carbocycles. The standard InChI is InChI=1S/C50H41N3O6S/c1-56-43-21-13-39(14-22-43)52(40-15-23-44(57-2)24-16-40)37-9-5-34(6-10-37)49(32-48-30-29-47(60-48)31-36(33-51)50(54)55)35-7-11-38(12-8-35)53(41-17-25-45(58-3)26-18-41)42-19-27-46(59-4)28-20-42/h5-32H,1-4H3,(H,54,55)/b36-31+. The number of ether oxygens (including phenoxy) is 4. The van der Waals surface area contributed by atoms with E-state index in [2.05, 4.69) is 64.4 Å². The SMILES string of the molecule is COc1ccc(N(c2ccc(OC)cc2)c2ccc(C(=Cc3ccc(/C=C(\C#N)C(=O)O)s3)c3ccc(N(c4ccc(OC)cc4)c4ccc(OC)cc4)cc3)cc2)cc1. The van der Waals surface area contributed by atoms with Crippen LogP contribution in [0.2, 0.25) is 0 Å². The number of hydrogen-bond acceptors (Lipinski definition) is 9. The van der Waals surface area contributed by atoms with E-state index in [1.807, 2.05) is 109 Å². The molecule has 10 heteroatoms. The fourth-order valence-corrected chi connectivity index (χ4v) is 7.58. The molecule has 6 aromatic carbocycles.